The highest BCUT2D eigenvalue weighted by molar-refractivity contribution is 7.98. The Balaban J connectivity index is 1.25. The van der Waals surface area contributed by atoms with Crippen LogP contribution in [0.3, 0.4) is 0 Å². The van der Waals surface area contributed by atoms with E-state index in [4.69, 9.17) is 0 Å². The van der Waals surface area contributed by atoms with E-state index in [-0.39, 0.29) is 11.4 Å². The second kappa shape index (κ2) is 9.31. The summed E-state index contributed by atoms with van der Waals surface area (Å²) in [6, 6.07) is 7.02. The predicted octanol–water partition coefficient (Wildman–Crippen LogP) is 4.20. The van der Waals surface area contributed by atoms with E-state index < -0.39 is 5.82 Å². The number of halogens is 1. The normalized spacial score (nSPS) is 23.8. The van der Waals surface area contributed by atoms with Gasteiger partial charge < -0.3 is 15.3 Å². The number of hydrogen-bond donors (Lipinski definition) is 2. The number of hydrogen-bond acceptors (Lipinski definition) is 9. The highest BCUT2D eigenvalue weighted by Crippen LogP contribution is 2.38. The van der Waals surface area contributed by atoms with E-state index in [1.54, 1.807) is 18.3 Å². The van der Waals surface area contributed by atoms with Gasteiger partial charge >= 0.3 is 0 Å². The first kappa shape index (κ1) is 22.6. The van der Waals surface area contributed by atoms with Gasteiger partial charge in [0.2, 0.25) is 0 Å². The lowest BCUT2D eigenvalue weighted by Gasteiger charge is -2.45. The van der Waals surface area contributed by atoms with E-state index in [0.29, 0.717) is 46.3 Å². The van der Waals surface area contributed by atoms with Crippen molar-refractivity contribution in [3.8, 4) is 28.4 Å². The van der Waals surface area contributed by atoms with Gasteiger partial charge in [0.25, 0.3) is 0 Å². The summed E-state index contributed by atoms with van der Waals surface area (Å²) in [4.78, 5) is 15.2. The zero-order chi connectivity index (χ0) is 23.9. The second-order valence-electron chi connectivity index (χ2n) is 9.68. The third-order valence-electron chi connectivity index (χ3n) is 7.25. The van der Waals surface area contributed by atoms with E-state index in [1.807, 2.05) is 6.26 Å². The molecule has 1 aliphatic carbocycles. The molecule has 2 aliphatic heterocycles. The summed E-state index contributed by atoms with van der Waals surface area (Å²) in [7, 11) is 0. The number of aromatic nitrogens is 5. The van der Waals surface area contributed by atoms with Crippen molar-refractivity contribution < 1.29 is 9.50 Å². The SMILES string of the molecule is CSc1ncc(F)c(-c2ccc(-c3ncc(N(C4CC4)[C@@H]4C[C@H]5CCC[C@@H](C4)N5)nn3)c(O)c2)n1. The Bertz CT molecular complexity index is 1210. The molecule has 3 aromatic rings. The van der Waals surface area contributed by atoms with Crippen molar-refractivity contribution in [2.24, 2.45) is 0 Å². The van der Waals surface area contributed by atoms with Crippen molar-refractivity contribution in [2.75, 3.05) is 11.2 Å². The number of rotatable bonds is 6. The fraction of sp³-hybridized carbons (Fsp3) is 0.480. The Morgan fingerprint density at radius 1 is 1.03 bits per heavy atom. The van der Waals surface area contributed by atoms with Crippen molar-refractivity contribution >= 4 is 17.6 Å². The standard InChI is InChI=1S/C25H28FN7OS/c1-35-25-28-12-20(26)23(30-25)14-5-8-19(21(34)9-14)24-27-13-22(31-32-24)33(17-6-7-17)18-10-15-3-2-4-16(11-18)29-15/h5,8-9,12-13,15-18,29,34H,2-4,6-7,10-11H2,1H3/t15-,16+,18-. The number of phenolic OH excluding ortho intramolecular Hbond substituents is 1. The number of thioether (sulfide) groups is 1. The molecule has 35 heavy (non-hydrogen) atoms. The van der Waals surface area contributed by atoms with Gasteiger partial charge in [0.15, 0.2) is 22.6 Å². The molecule has 6 rings (SSSR count). The number of phenols is 1. The van der Waals surface area contributed by atoms with E-state index >= 15 is 0 Å². The molecule has 0 unspecified atom stereocenters. The number of piperidine rings is 2. The van der Waals surface area contributed by atoms with E-state index in [9.17, 15) is 9.50 Å². The topological polar surface area (TPSA) is 100.0 Å². The van der Waals surface area contributed by atoms with Gasteiger partial charge in [0, 0.05) is 29.7 Å². The molecule has 3 fully saturated rings. The average molecular weight is 494 g/mol. The molecule has 0 amide bonds. The van der Waals surface area contributed by atoms with E-state index in [0.717, 1.165) is 24.9 Å². The van der Waals surface area contributed by atoms with Gasteiger partial charge in [-0.15, -0.1) is 10.2 Å². The van der Waals surface area contributed by atoms with Gasteiger partial charge in [-0.1, -0.05) is 24.2 Å². The molecule has 3 aliphatic rings. The van der Waals surface area contributed by atoms with Gasteiger partial charge in [-0.3, -0.25) is 0 Å². The first-order valence-corrected chi connectivity index (χ1v) is 13.5. The summed E-state index contributed by atoms with van der Waals surface area (Å²) in [5.41, 5.74) is 1.05. The van der Waals surface area contributed by atoms with Gasteiger partial charge in [-0.25, -0.2) is 19.3 Å². The van der Waals surface area contributed by atoms with Crippen LogP contribution in [0.25, 0.3) is 22.6 Å². The summed E-state index contributed by atoms with van der Waals surface area (Å²) in [5.74, 6) is 0.555. The van der Waals surface area contributed by atoms with E-state index in [2.05, 4.69) is 35.4 Å². The third kappa shape index (κ3) is 4.56. The molecular weight excluding hydrogens is 465 g/mol. The van der Waals surface area contributed by atoms with Gasteiger partial charge in [0.1, 0.15) is 11.4 Å². The molecule has 1 saturated carbocycles. The minimum absolute atomic E-state index is 0.0500. The Morgan fingerprint density at radius 2 is 1.83 bits per heavy atom. The fourth-order valence-corrected chi connectivity index (χ4v) is 5.86. The Kier molecular flexibility index (Phi) is 6.01. The molecule has 1 aromatic carbocycles. The van der Waals surface area contributed by atoms with Crippen molar-refractivity contribution in [3.05, 3.63) is 36.4 Å². The molecule has 182 valence electrons. The lowest BCUT2D eigenvalue weighted by atomic mass is 9.83. The van der Waals surface area contributed by atoms with E-state index in [1.165, 1.54) is 49.9 Å². The number of nitrogens with one attached hydrogen (secondary N) is 1. The minimum atomic E-state index is -0.542. The Labute approximate surface area is 207 Å². The Hall–Kier alpha value is -2.85. The maximum Gasteiger partial charge on any atom is 0.187 e. The minimum Gasteiger partial charge on any atom is -0.507 e. The second-order valence-corrected chi connectivity index (χ2v) is 10.5. The summed E-state index contributed by atoms with van der Waals surface area (Å²) in [5, 5.41) is 23.9. The zero-order valence-electron chi connectivity index (χ0n) is 19.6. The lowest BCUT2D eigenvalue weighted by Crippen LogP contribution is -2.55. The molecular formula is C25H28FN7OS. The third-order valence-corrected chi connectivity index (χ3v) is 7.82. The van der Waals surface area contributed by atoms with Crippen molar-refractivity contribution in [2.45, 2.75) is 74.3 Å². The zero-order valence-corrected chi connectivity index (χ0v) is 20.4. The fourth-order valence-electron chi connectivity index (χ4n) is 5.52. The quantitative estimate of drug-likeness (QED) is 0.386. The number of anilines is 1. The monoisotopic (exact) mass is 493 g/mol. The molecule has 10 heteroatoms. The van der Waals surface area contributed by atoms with Crippen molar-refractivity contribution in [1.82, 2.24) is 30.5 Å². The number of benzene rings is 1. The molecule has 8 nitrogen and oxygen atoms in total. The smallest absolute Gasteiger partial charge is 0.187 e. The summed E-state index contributed by atoms with van der Waals surface area (Å²) >= 11 is 1.33. The molecule has 3 atom stereocenters. The van der Waals surface area contributed by atoms with Crippen LogP contribution >= 0.6 is 11.8 Å². The van der Waals surface area contributed by atoms with Gasteiger partial charge in [-0.2, -0.15) is 0 Å². The van der Waals surface area contributed by atoms with Crippen LogP contribution in [0, 0.1) is 5.82 Å². The highest BCUT2D eigenvalue weighted by atomic mass is 32.2. The first-order valence-electron chi connectivity index (χ1n) is 12.2. The largest absolute Gasteiger partial charge is 0.507 e. The summed E-state index contributed by atoms with van der Waals surface area (Å²) < 4.78 is 14.3. The highest BCUT2D eigenvalue weighted by Gasteiger charge is 2.40. The van der Waals surface area contributed by atoms with Crippen LogP contribution in [-0.4, -0.2) is 60.7 Å². The van der Waals surface area contributed by atoms with Crippen LogP contribution in [0.1, 0.15) is 44.9 Å². The Morgan fingerprint density at radius 3 is 2.49 bits per heavy atom. The summed E-state index contributed by atoms with van der Waals surface area (Å²) in [6.45, 7) is 0. The molecule has 2 saturated heterocycles. The van der Waals surface area contributed by atoms with Crippen LogP contribution in [0.2, 0.25) is 0 Å². The van der Waals surface area contributed by atoms with Crippen LogP contribution < -0.4 is 10.2 Å². The molecule has 2 bridgehead atoms. The van der Waals surface area contributed by atoms with Crippen LogP contribution in [0.5, 0.6) is 5.75 Å². The summed E-state index contributed by atoms with van der Waals surface area (Å²) in [6.07, 6.45) is 13.2. The van der Waals surface area contributed by atoms with Gasteiger partial charge in [-0.05, 0) is 56.9 Å². The molecule has 0 spiro atoms. The van der Waals surface area contributed by atoms with Gasteiger partial charge in [0.05, 0.1) is 18.0 Å². The van der Waals surface area contributed by atoms with Crippen LogP contribution in [-0.2, 0) is 0 Å². The first-order chi connectivity index (χ1) is 17.1. The average Bonchev–Trinajstić information content (AvgIpc) is 3.70. The lowest BCUT2D eigenvalue weighted by molar-refractivity contribution is 0.215. The molecule has 2 aromatic heterocycles. The number of aromatic hydroxyl groups is 1. The number of nitrogens with zero attached hydrogens (tertiary/aromatic N) is 6. The molecule has 2 N–H and O–H groups in total. The maximum atomic E-state index is 14.3. The number of fused-ring (bicyclic) bond motifs is 2. The van der Waals surface area contributed by atoms with Crippen molar-refractivity contribution in [1.29, 1.82) is 0 Å². The molecule has 0 radical (unpaired) electrons. The van der Waals surface area contributed by atoms with Crippen LogP contribution in [0.15, 0.2) is 35.7 Å². The van der Waals surface area contributed by atoms with Crippen molar-refractivity contribution in [3.63, 3.8) is 0 Å². The maximum absolute atomic E-state index is 14.3. The van der Waals surface area contributed by atoms with Crippen LogP contribution in [0.4, 0.5) is 10.2 Å². The predicted molar refractivity (Wildman–Crippen MR) is 133 cm³/mol. The molecule has 4 heterocycles.